The van der Waals surface area contributed by atoms with Crippen LogP contribution in [0.2, 0.25) is 3.93 Å². The Morgan fingerprint density at radius 1 is 1.67 bits per heavy atom. The molecule has 0 radical (unpaired) electrons. The topological polar surface area (TPSA) is 9.23 Å². The summed E-state index contributed by atoms with van der Waals surface area (Å²) in [7, 11) is 1.74. The van der Waals surface area contributed by atoms with Gasteiger partial charge in [0.1, 0.15) is 0 Å². The summed E-state index contributed by atoms with van der Waals surface area (Å²) in [4.78, 5) is 0. The van der Waals surface area contributed by atoms with Crippen LogP contribution in [0.1, 0.15) is 0 Å². The van der Waals surface area contributed by atoms with Crippen LogP contribution in [0.5, 0.6) is 0 Å². The first-order valence-electron chi connectivity index (χ1n) is 1.70. The van der Waals surface area contributed by atoms with Crippen molar-refractivity contribution in [2.24, 2.45) is 0 Å². The zero-order chi connectivity index (χ0) is 4.12. The number of hydrogen-bond donors (Lipinski definition) is 0. The molecule has 0 unspecified atom stereocenters. The van der Waals surface area contributed by atoms with Crippen LogP contribution in [-0.2, 0) is 30.9 Å². The Bertz CT molecular complexity index is 18.3. The fourth-order valence-corrected chi connectivity index (χ4v) is 1.27. The molecule has 0 atom stereocenters. The minimum Gasteiger partial charge on any atom is -0.147 e. The molecule has 35 valence electrons. The zero-order valence-electron chi connectivity index (χ0n) is 3.94. The fraction of sp³-hybridized carbons (Fsp3) is 1.00. The van der Waals surface area contributed by atoms with Crippen LogP contribution in [0, 0.1) is 0 Å². The molecule has 0 rings (SSSR count). The van der Waals surface area contributed by atoms with E-state index in [0.29, 0.717) is 0 Å². The molecule has 1 nitrogen and oxygen atoms in total. The van der Waals surface area contributed by atoms with Crippen LogP contribution in [0.4, 0.5) is 0 Å². The Labute approximate surface area is 60.8 Å². The van der Waals surface area contributed by atoms with Gasteiger partial charge in [0.2, 0.25) is 0 Å². The SMILES string of the molecule is COC[CH2][Hg].Cl. The molecule has 0 fully saturated rings. The predicted octanol–water partition coefficient (Wildman–Crippen LogP) is 1.02. The van der Waals surface area contributed by atoms with E-state index in [2.05, 4.69) is 0 Å². The van der Waals surface area contributed by atoms with Crippen LogP contribution in [0.15, 0.2) is 0 Å². The van der Waals surface area contributed by atoms with Gasteiger partial charge < -0.3 is 0 Å². The summed E-state index contributed by atoms with van der Waals surface area (Å²) in [5.74, 6) is 0. The molecule has 0 aliphatic heterocycles. The molecule has 0 aromatic rings. The van der Waals surface area contributed by atoms with Crippen molar-refractivity contribution in [1.82, 2.24) is 0 Å². The average molecular weight is 296 g/mol. The van der Waals surface area contributed by atoms with Gasteiger partial charge in [-0.3, -0.25) is 0 Å². The molecule has 6 heavy (non-hydrogen) atoms. The molecule has 0 spiro atoms. The Balaban J connectivity index is 0. The van der Waals surface area contributed by atoms with Gasteiger partial charge in [-0.25, -0.2) is 0 Å². The van der Waals surface area contributed by atoms with Crippen molar-refractivity contribution < 1.29 is 30.9 Å². The van der Waals surface area contributed by atoms with E-state index in [1.807, 2.05) is 0 Å². The summed E-state index contributed by atoms with van der Waals surface area (Å²) in [5.41, 5.74) is 0. The van der Waals surface area contributed by atoms with Crippen molar-refractivity contribution in [3.8, 4) is 0 Å². The monoisotopic (exact) mass is 297 g/mol. The normalized spacial score (nSPS) is 7.17. The largest absolute Gasteiger partial charge is 0.147 e. The molecule has 0 amide bonds. The minimum absolute atomic E-state index is 0. The van der Waals surface area contributed by atoms with E-state index in [9.17, 15) is 0 Å². The number of methoxy groups -OCH3 is 1. The molecule has 0 aliphatic carbocycles. The molecular weight excluding hydrogens is 288 g/mol. The quantitative estimate of drug-likeness (QED) is 0.691. The molecule has 0 aromatic carbocycles. The third-order valence-corrected chi connectivity index (χ3v) is 1.47. The molecular formula is C3H8ClHgO. The van der Waals surface area contributed by atoms with Gasteiger partial charge in [0, 0.05) is 0 Å². The van der Waals surface area contributed by atoms with Gasteiger partial charge in [-0.15, -0.1) is 12.4 Å². The first-order valence-corrected chi connectivity index (χ1v) is 5.58. The average Bonchev–Trinajstić information content (AvgIpc) is 1.41. The van der Waals surface area contributed by atoms with Crippen LogP contribution in [0.25, 0.3) is 0 Å². The summed E-state index contributed by atoms with van der Waals surface area (Å²) in [6.07, 6.45) is 0. The van der Waals surface area contributed by atoms with Crippen LogP contribution < -0.4 is 0 Å². The predicted molar refractivity (Wildman–Crippen MR) is 23.9 cm³/mol. The van der Waals surface area contributed by atoms with Crippen molar-refractivity contribution in [1.29, 1.82) is 0 Å². The Hall–Kier alpha value is 1.19. The molecule has 0 N–H and O–H groups in total. The smallest absolute Gasteiger partial charge is 0.147 e. The summed E-state index contributed by atoms with van der Waals surface area (Å²) < 4.78 is 6.06. The molecule has 3 heteroatoms. The standard InChI is InChI=1S/C3H7O.ClH.Hg/c1-3-4-2;;/h1,3H2,2H3;1H;. The van der Waals surface area contributed by atoms with Crippen molar-refractivity contribution in [2.45, 2.75) is 3.93 Å². The van der Waals surface area contributed by atoms with Gasteiger partial charge in [0.05, 0.1) is 0 Å². The number of halogens is 1. The number of hydrogen-bond acceptors (Lipinski definition) is 1. The van der Waals surface area contributed by atoms with Crippen molar-refractivity contribution in [3.05, 3.63) is 0 Å². The van der Waals surface area contributed by atoms with Crippen LogP contribution in [-0.4, -0.2) is 13.7 Å². The summed E-state index contributed by atoms with van der Waals surface area (Å²) in [6, 6.07) is 0. The molecule has 0 heterocycles. The van der Waals surface area contributed by atoms with Gasteiger partial charge in [-0.05, 0) is 0 Å². The van der Waals surface area contributed by atoms with Gasteiger partial charge in [0.15, 0.2) is 0 Å². The fourth-order valence-electron chi connectivity index (χ4n) is 0.144. The maximum atomic E-state index is 4.74. The molecule has 0 aliphatic rings. The first kappa shape index (κ1) is 10.2. The van der Waals surface area contributed by atoms with Gasteiger partial charge in [-0.2, -0.15) is 0 Å². The summed E-state index contributed by atoms with van der Waals surface area (Å²) in [6.45, 7) is 0.975. The van der Waals surface area contributed by atoms with Crippen LogP contribution in [0.3, 0.4) is 0 Å². The molecule has 0 aromatic heterocycles. The van der Waals surface area contributed by atoms with Crippen molar-refractivity contribution >= 4 is 12.4 Å². The van der Waals surface area contributed by atoms with E-state index in [4.69, 9.17) is 4.74 Å². The zero-order valence-corrected chi connectivity index (χ0v) is 10.3. The minimum atomic E-state index is 0. The second-order valence-corrected chi connectivity index (χ2v) is 3.60. The molecule has 0 saturated carbocycles. The van der Waals surface area contributed by atoms with Crippen molar-refractivity contribution in [2.75, 3.05) is 13.7 Å². The Morgan fingerprint density at radius 3 is 2.17 bits per heavy atom. The van der Waals surface area contributed by atoms with E-state index < -0.39 is 0 Å². The summed E-state index contributed by atoms with van der Waals surface area (Å²) in [5, 5.41) is 0. The summed E-state index contributed by atoms with van der Waals surface area (Å²) >= 11 is 0.948. The maximum absolute atomic E-state index is 4.74. The maximum Gasteiger partial charge on any atom is -0.147 e. The second kappa shape index (κ2) is 9.49. The molecule has 0 saturated heterocycles. The van der Waals surface area contributed by atoms with E-state index >= 15 is 0 Å². The van der Waals surface area contributed by atoms with E-state index in [0.717, 1.165) is 32.7 Å². The van der Waals surface area contributed by atoms with Gasteiger partial charge >= 0.3 is 48.5 Å². The molecule has 0 bridgehead atoms. The van der Waals surface area contributed by atoms with E-state index in [1.54, 1.807) is 7.11 Å². The third kappa shape index (κ3) is 8.95. The van der Waals surface area contributed by atoms with E-state index in [-0.39, 0.29) is 12.4 Å². The van der Waals surface area contributed by atoms with Crippen LogP contribution >= 0.6 is 12.4 Å². The first-order chi connectivity index (χ1) is 2.41. The van der Waals surface area contributed by atoms with Gasteiger partial charge in [-0.1, -0.05) is 0 Å². The second-order valence-electron chi connectivity index (χ2n) is 0.846. The number of ether oxygens (including phenoxy) is 1. The number of rotatable bonds is 2. The van der Waals surface area contributed by atoms with Gasteiger partial charge in [0.25, 0.3) is 0 Å². The van der Waals surface area contributed by atoms with Crippen molar-refractivity contribution in [3.63, 3.8) is 0 Å². The Morgan fingerprint density at radius 2 is 2.17 bits per heavy atom. The Kier molecular flexibility index (Phi) is 16.2. The van der Waals surface area contributed by atoms with E-state index in [1.165, 1.54) is 3.93 Å². The third-order valence-electron chi connectivity index (χ3n) is 0.348.